The van der Waals surface area contributed by atoms with Crippen LogP contribution in [-0.4, -0.2) is 24.0 Å². The smallest absolute Gasteiger partial charge is 1.00 e. The molecule has 0 heterocycles. The Labute approximate surface area is 120 Å². The molecule has 5 nitrogen and oxygen atoms in total. The van der Waals surface area contributed by atoms with E-state index in [0.29, 0.717) is 0 Å². The van der Waals surface area contributed by atoms with Crippen LogP contribution >= 0.6 is 0 Å². The Kier molecular flexibility index (Phi) is 8.16. The van der Waals surface area contributed by atoms with Gasteiger partial charge in [0.15, 0.2) is 0 Å². The Bertz CT molecular complexity index is 440. The quantitative estimate of drug-likeness (QED) is 0.402. The average molecular weight is 232 g/mol. The minimum atomic E-state index is -4.62. The number of aliphatic carboxylic acids is 1. The summed E-state index contributed by atoms with van der Waals surface area (Å²) in [5.41, 5.74) is 0.0301. The Morgan fingerprint density at radius 3 is 1.94 bits per heavy atom. The molecule has 1 atom stereocenters. The van der Waals surface area contributed by atoms with E-state index in [2.05, 4.69) is 0 Å². The van der Waals surface area contributed by atoms with Crippen LogP contribution in [0.15, 0.2) is 30.3 Å². The normalized spacial score (nSPS) is 11.8. The minimum Gasteiger partial charge on any atom is -1.00 e. The molecule has 1 aromatic rings. The SMILES string of the molecule is O=C(O)C(c1ccccc1)S(=O)(=O)O.[H-].[H-].[Li+].[Li+]. The summed E-state index contributed by atoms with van der Waals surface area (Å²) in [6.45, 7) is 0. The van der Waals surface area contributed by atoms with E-state index in [9.17, 15) is 13.2 Å². The van der Waals surface area contributed by atoms with Crippen LogP contribution in [0.3, 0.4) is 0 Å². The zero-order chi connectivity index (χ0) is 10.8. The van der Waals surface area contributed by atoms with Crippen LogP contribution in [0.1, 0.15) is 13.7 Å². The number of carboxylic acid groups (broad SMARTS) is 1. The molecule has 1 aromatic carbocycles. The van der Waals surface area contributed by atoms with Crippen LogP contribution in [0.4, 0.5) is 0 Å². The van der Waals surface area contributed by atoms with Gasteiger partial charge in [-0.3, -0.25) is 9.35 Å². The molecule has 0 radical (unpaired) electrons. The number of hydrogen-bond donors (Lipinski definition) is 2. The van der Waals surface area contributed by atoms with E-state index >= 15 is 0 Å². The van der Waals surface area contributed by atoms with Crippen LogP contribution in [-0.2, 0) is 14.9 Å². The van der Waals surface area contributed by atoms with E-state index in [0.717, 1.165) is 0 Å². The fraction of sp³-hybridized carbons (Fsp3) is 0.125. The first-order chi connectivity index (χ1) is 6.43. The van der Waals surface area contributed by atoms with Gasteiger partial charge in [-0.1, -0.05) is 30.3 Å². The van der Waals surface area contributed by atoms with Gasteiger partial charge in [-0.05, 0) is 5.56 Å². The summed E-state index contributed by atoms with van der Waals surface area (Å²) in [5.74, 6) is -1.60. The minimum absolute atomic E-state index is 0. The van der Waals surface area contributed by atoms with E-state index in [1.807, 2.05) is 0 Å². The third-order valence-corrected chi connectivity index (χ3v) is 2.69. The Hall–Kier alpha value is -0.205. The van der Waals surface area contributed by atoms with Crippen LogP contribution in [0.25, 0.3) is 0 Å². The molecule has 0 saturated heterocycles. The number of benzene rings is 1. The van der Waals surface area contributed by atoms with Crippen molar-refractivity contribution in [2.75, 3.05) is 0 Å². The molecular weight excluding hydrogens is 222 g/mol. The van der Waals surface area contributed by atoms with Gasteiger partial charge in [0.25, 0.3) is 10.1 Å². The van der Waals surface area contributed by atoms with Crippen molar-refractivity contribution in [3.05, 3.63) is 35.9 Å². The van der Waals surface area contributed by atoms with Gasteiger partial charge in [-0.15, -0.1) is 0 Å². The molecule has 0 saturated carbocycles. The van der Waals surface area contributed by atoms with Crippen molar-refractivity contribution in [1.29, 1.82) is 0 Å². The van der Waals surface area contributed by atoms with Crippen LogP contribution < -0.4 is 37.7 Å². The molecule has 0 amide bonds. The van der Waals surface area contributed by atoms with Crippen molar-refractivity contribution in [1.82, 2.24) is 0 Å². The average Bonchev–Trinajstić information content (AvgIpc) is 2.02. The zero-order valence-electron chi connectivity index (χ0n) is 11.0. The molecule has 1 unspecified atom stereocenters. The predicted octanol–water partition coefficient (Wildman–Crippen LogP) is -5.07. The maximum Gasteiger partial charge on any atom is 1.00 e. The largest absolute Gasteiger partial charge is 1.00 e. The summed E-state index contributed by atoms with van der Waals surface area (Å²) in [7, 11) is -4.62. The van der Waals surface area contributed by atoms with E-state index in [1.165, 1.54) is 24.3 Å². The molecule has 0 aliphatic heterocycles. The van der Waals surface area contributed by atoms with Gasteiger partial charge in [0, 0.05) is 0 Å². The zero-order valence-corrected chi connectivity index (χ0v) is 9.81. The van der Waals surface area contributed by atoms with Crippen LogP contribution in [0.5, 0.6) is 0 Å². The predicted molar refractivity (Wildman–Crippen MR) is 50.6 cm³/mol. The number of rotatable bonds is 3. The molecule has 1 rings (SSSR count). The van der Waals surface area contributed by atoms with E-state index in [4.69, 9.17) is 9.66 Å². The first-order valence-corrected chi connectivity index (χ1v) is 5.17. The topological polar surface area (TPSA) is 91.7 Å². The molecule has 80 valence electrons. The third kappa shape index (κ3) is 4.75. The van der Waals surface area contributed by atoms with Crippen molar-refractivity contribution in [3.8, 4) is 0 Å². The number of hydrogen-bond acceptors (Lipinski definition) is 3. The summed E-state index contributed by atoms with van der Waals surface area (Å²) in [5, 5.41) is 6.71. The molecule has 2 N–H and O–H groups in total. The number of carboxylic acids is 1. The van der Waals surface area contributed by atoms with Crippen molar-refractivity contribution in [3.63, 3.8) is 0 Å². The first-order valence-electron chi connectivity index (χ1n) is 3.67. The van der Waals surface area contributed by atoms with E-state index in [-0.39, 0.29) is 46.1 Å². The van der Waals surface area contributed by atoms with Crippen LogP contribution in [0, 0.1) is 0 Å². The van der Waals surface area contributed by atoms with Crippen molar-refractivity contribution >= 4 is 16.1 Å². The third-order valence-electron chi connectivity index (χ3n) is 1.62. The fourth-order valence-electron chi connectivity index (χ4n) is 1.07. The summed E-state index contributed by atoms with van der Waals surface area (Å²) in [6, 6.07) is 7.26. The maximum atomic E-state index is 10.7. The molecule has 0 fully saturated rings. The molecule has 16 heavy (non-hydrogen) atoms. The van der Waals surface area contributed by atoms with Crippen molar-refractivity contribution in [2.45, 2.75) is 5.25 Å². The van der Waals surface area contributed by atoms with Gasteiger partial charge in [-0.2, -0.15) is 8.42 Å². The second kappa shape index (κ2) is 7.19. The van der Waals surface area contributed by atoms with Crippen molar-refractivity contribution < 1.29 is 63.4 Å². The summed E-state index contributed by atoms with van der Waals surface area (Å²) in [6.07, 6.45) is 0. The first kappa shape index (κ1) is 18.2. The Morgan fingerprint density at radius 2 is 1.62 bits per heavy atom. The van der Waals surface area contributed by atoms with E-state index in [1.54, 1.807) is 6.07 Å². The summed E-state index contributed by atoms with van der Waals surface area (Å²) < 4.78 is 30.2. The van der Waals surface area contributed by atoms with Gasteiger partial charge in [-0.25, -0.2) is 0 Å². The second-order valence-corrected chi connectivity index (χ2v) is 4.15. The Morgan fingerprint density at radius 1 is 1.19 bits per heavy atom. The summed E-state index contributed by atoms with van der Waals surface area (Å²) in [4.78, 5) is 10.6. The van der Waals surface area contributed by atoms with Gasteiger partial charge in [0.1, 0.15) is 0 Å². The number of carbonyl (C=O) groups is 1. The fourth-order valence-corrected chi connectivity index (χ4v) is 1.83. The standard InChI is InChI=1S/C8H8O5S.2Li.2H/c9-8(10)7(14(11,12)13)6-4-2-1-3-5-6;;;;/h1-5,7H,(H,9,10)(H,11,12,13);;;;/q;2*+1;2*-1. The second-order valence-electron chi connectivity index (χ2n) is 2.64. The molecule has 0 spiro atoms. The molecule has 0 aromatic heterocycles. The van der Waals surface area contributed by atoms with Gasteiger partial charge < -0.3 is 7.96 Å². The maximum absolute atomic E-state index is 10.7. The molecule has 8 heteroatoms. The van der Waals surface area contributed by atoms with Gasteiger partial charge in [0.05, 0.1) is 0 Å². The van der Waals surface area contributed by atoms with Gasteiger partial charge in [0.2, 0.25) is 5.25 Å². The van der Waals surface area contributed by atoms with Crippen LogP contribution in [0.2, 0.25) is 0 Å². The Balaban J connectivity index is -0.000000245. The summed E-state index contributed by atoms with van der Waals surface area (Å²) >= 11 is 0. The molecular formula is C8H10Li2O5S. The molecule has 0 bridgehead atoms. The molecule has 0 aliphatic rings. The molecule has 0 aliphatic carbocycles. The van der Waals surface area contributed by atoms with Crippen molar-refractivity contribution in [2.24, 2.45) is 0 Å². The van der Waals surface area contributed by atoms with Gasteiger partial charge >= 0.3 is 43.7 Å². The van der Waals surface area contributed by atoms with E-state index < -0.39 is 21.3 Å². The monoisotopic (exact) mass is 232 g/mol.